The predicted molar refractivity (Wildman–Crippen MR) is 250 cm³/mol. The van der Waals surface area contributed by atoms with Gasteiger partial charge in [-0.15, -0.1) is 0 Å². The molecule has 9 aromatic carbocycles. The second kappa shape index (κ2) is 13.8. The molecule has 0 N–H and O–H groups in total. The molecule has 0 spiro atoms. The highest BCUT2D eigenvalue weighted by molar-refractivity contribution is 6.12. The Kier molecular flexibility index (Phi) is 7.82. The fraction of sp³-hybridized carbons (Fsp3) is 0. The zero-order valence-corrected chi connectivity index (χ0v) is 32.6. The van der Waals surface area contributed by atoms with E-state index >= 15 is 0 Å². The fourth-order valence-corrected chi connectivity index (χ4v) is 9.12. The number of benzene rings is 9. The van der Waals surface area contributed by atoms with Crippen molar-refractivity contribution in [2.24, 2.45) is 0 Å². The van der Waals surface area contributed by atoms with Gasteiger partial charge in [0.2, 0.25) is 0 Å². The molecule has 12 rings (SSSR count). The van der Waals surface area contributed by atoms with Crippen LogP contribution in [0.3, 0.4) is 0 Å². The summed E-state index contributed by atoms with van der Waals surface area (Å²) in [7, 11) is 0. The molecule has 12 aromatic rings. The molecule has 0 bridgehead atoms. The highest BCUT2D eigenvalue weighted by atomic mass is 15.0. The van der Waals surface area contributed by atoms with E-state index in [1.807, 2.05) is 12.1 Å². The van der Waals surface area contributed by atoms with Crippen molar-refractivity contribution in [3.63, 3.8) is 0 Å². The van der Waals surface area contributed by atoms with Gasteiger partial charge in [-0.3, -0.25) is 0 Å². The third-order valence-corrected chi connectivity index (χ3v) is 11.9. The van der Waals surface area contributed by atoms with Crippen LogP contribution in [0.4, 0.5) is 0 Å². The first-order valence-corrected chi connectivity index (χ1v) is 20.4. The van der Waals surface area contributed by atoms with Crippen molar-refractivity contribution in [1.29, 1.82) is 0 Å². The van der Waals surface area contributed by atoms with Crippen LogP contribution >= 0.6 is 0 Å². The fourth-order valence-electron chi connectivity index (χ4n) is 9.12. The van der Waals surface area contributed by atoms with Crippen LogP contribution in [0.15, 0.2) is 218 Å². The van der Waals surface area contributed by atoms with Crippen LogP contribution in [0.25, 0.3) is 111 Å². The van der Waals surface area contributed by atoms with Gasteiger partial charge in [-0.1, -0.05) is 146 Å². The first-order chi connectivity index (χ1) is 29.7. The summed E-state index contributed by atoms with van der Waals surface area (Å²) < 4.78 is 4.74. The third-order valence-electron chi connectivity index (χ3n) is 11.9. The Labute approximate surface area is 346 Å². The minimum atomic E-state index is 0.707. The molecular formula is C56H36N4. The third kappa shape index (κ3) is 5.53. The van der Waals surface area contributed by atoms with Crippen LogP contribution in [0.1, 0.15) is 0 Å². The van der Waals surface area contributed by atoms with Gasteiger partial charge >= 0.3 is 0 Å². The molecule has 0 unspecified atom stereocenters. The number of fused-ring (bicyclic) bond motifs is 7. The molecule has 0 saturated heterocycles. The van der Waals surface area contributed by atoms with E-state index < -0.39 is 0 Å². The lowest BCUT2D eigenvalue weighted by Gasteiger charge is -2.12. The lowest BCUT2D eigenvalue weighted by molar-refractivity contribution is 1.17. The van der Waals surface area contributed by atoms with Crippen LogP contribution in [-0.4, -0.2) is 19.1 Å². The Hall–Kier alpha value is -8.08. The van der Waals surface area contributed by atoms with Gasteiger partial charge in [-0.2, -0.15) is 0 Å². The van der Waals surface area contributed by atoms with E-state index in [0.29, 0.717) is 5.82 Å². The molecule has 0 amide bonds. The quantitative estimate of drug-likeness (QED) is 0.169. The van der Waals surface area contributed by atoms with Gasteiger partial charge in [-0.25, -0.2) is 9.97 Å². The average Bonchev–Trinajstić information content (AvgIpc) is 3.84. The second-order valence-electron chi connectivity index (χ2n) is 15.4. The molecule has 4 nitrogen and oxygen atoms in total. The molecule has 60 heavy (non-hydrogen) atoms. The Morgan fingerprint density at radius 1 is 0.267 bits per heavy atom. The van der Waals surface area contributed by atoms with E-state index in [1.165, 1.54) is 60.5 Å². The maximum atomic E-state index is 5.18. The van der Waals surface area contributed by atoms with Crippen LogP contribution in [0.5, 0.6) is 0 Å². The Morgan fingerprint density at radius 3 is 1.40 bits per heavy atom. The first-order valence-electron chi connectivity index (χ1n) is 20.4. The number of hydrogen-bond donors (Lipinski definition) is 0. The van der Waals surface area contributed by atoms with Crippen LogP contribution in [-0.2, 0) is 0 Å². The Bertz CT molecular complexity index is 3600. The van der Waals surface area contributed by atoms with E-state index in [0.717, 1.165) is 44.4 Å². The van der Waals surface area contributed by atoms with E-state index in [4.69, 9.17) is 9.97 Å². The summed E-state index contributed by atoms with van der Waals surface area (Å²) in [5.41, 5.74) is 15.6. The number of rotatable bonds is 6. The lowest BCUT2D eigenvalue weighted by Crippen LogP contribution is -1.97. The van der Waals surface area contributed by atoms with Crippen molar-refractivity contribution in [1.82, 2.24) is 19.1 Å². The maximum Gasteiger partial charge on any atom is 0.160 e. The summed E-state index contributed by atoms with van der Waals surface area (Å²) >= 11 is 0. The number of para-hydroxylation sites is 4. The van der Waals surface area contributed by atoms with E-state index in [9.17, 15) is 0 Å². The number of hydrogen-bond acceptors (Lipinski definition) is 2. The summed E-state index contributed by atoms with van der Waals surface area (Å²) in [5.74, 6) is 0.707. The SMILES string of the molecule is c1ccc(-c2nc(-c3cccc(-n4c5ccccc5c5cc(-c6cccc(-c7ccc8c(c7)c7ccccc7n8-c7ccccc7)c6)ccc54)c3)nc3ccccc23)cc1. The largest absolute Gasteiger partial charge is 0.309 e. The molecule has 0 fully saturated rings. The van der Waals surface area contributed by atoms with Crippen LogP contribution in [0.2, 0.25) is 0 Å². The van der Waals surface area contributed by atoms with Gasteiger partial charge in [0.1, 0.15) is 0 Å². The summed E-state index contributed by atoms with van der Waals surface area (Å²) in [6.07, 6.45) is 0. The molecule has 280 valence electrons. The van der Waals surface area contributed by atoms with Gasteiger partial charge in [0, 0.05) is 49.4 Å². The Morgan fingerprint density at radius 2 is 0.733 bits per heavy atom. The molecule has 0 aliphatic heterocycles. The molecule has 0 saturated carbocycles. The predicted octanol–water partition coefficient (Wildman–Crippen LogP) is 14.5. The summed E-state index contributed by atoms with van der Waals surface area (Å²) in [6, 6.07) is 78.1. The van der Waals surface area contributed by atoms with Gasteiger partial charge in [-0.05, 0) is 95.1 Å². The van der Waals surface area contributed by atoms with Crippen molar-refractivity contribution in [2.45, 2.75) is 0 Å². The number of aromatic nitrogens is 4. The molecule has 4 heteroatoms. The highest BCUT2D eigenvalue weighted by Crippen LogP contribution is 2.39. The molecule has 3 heterocycles. The zero-order valence-electron chi connectivity index (χ0n) is 32.6. The standard InChI is InChI=1S/C56H36N4/c1-3-15-37(16-4-1)55-47-25-7-10-26-50(47)57-56(58-55)42-19-14-22-44(34-42)60-52-28-12-9-24-46(52)49-36-41(30-32-54(49)60)39-18-13-17-38(33-39)40-29-31-53-48(35-40)45-23-8-11-27-51(45)59(53)43-20-5-2-6-21-43/h1-36H. The van der Waals surface area contributed by atoms with Gasteiger partial charge in [0.15, 0.2) is 5.82 Å². The van der Waals surface area contributed by atoms with E-state index in [2.05, 4.69) is 215 Å². The minimum absolute atomic E-state index is 0.707. The molecule has 0 atom stereocenters. The van der Waals surface area contributed by atoms with Gasteiger partial charge in [0.25, 0.3) is 0 Å². The van der Waals surface area contributed by atoms with Gasteiger partial charge < -0.3 is 9.13 Å². The zero-order chi connectivity index (χ0) is 39.6. The van der Waals surface area contributed by atoms with E-state index in [1.54, 1.807) is 0 Å². The summed E-state index contributed by atoms with van der Waals surface area (Å²) in [4.78, 5) is 10.3. The second-order valence-corrected chi connectivity index (χ2v) is 15.4. The molecule has 0 aliphatic rings. The van der Waals surface area contributed by atoms with Crippen molar-refractivity contribution in [2.75, 3.05) is 0 Å². The normalized spacial score (nSPS) is 11.7. The number of nitrogens with zero attached hydrogens (tertiary/aromatic N) is 4. The summed E-state index contributed by atoms with van der Waals surface area (Å²) in [6.45, 7) is 0. The van der Waals surface area contributed by atoms with Crippen molar-refractivity contribution in [3.8, 4) is 56.3 Å². The summed E-state index contributed by atoms with van der Waals surface area (Å²) in [5, 5.41) is 5.97. The topological polar surface area (TPSA) is 35.6 Å². The lowest BCUT2D eigenvalue weighted by atomic mass is 9.97. The molecule has 3 aromatic heterocycles. The highest BCUT2D eigenvalue weighted by Gasteiger charge is 2.17. The monoisotopic (exact) mass is 764 g/mol. The van der Waals surface area contributed by atoms with Crippen molar-refractivity contribution >= 4 is 54.5 Å². The average molecular weight is 765 g/mol. The van der Waals surface area contributed by atoms with Crippen LogP contribution < -0.4 is 0 Å². The molecule has 0 radical (unpaired) electrons. The Balaban J connectivity index is 0.950. The first kappa shape index (κ1) is 34.0. The maximum absolute atomic E-state index is 5.18. The van der Waals surface area contributed by atoms with Crippen LogP contribution in [0, 0.1) is 0 Å². The van der Waals surface area contributed by atoms with Gasteiger partial charge in [0.05, 0.1) is 33.3 Å². The smallest absolute Gasteiger partial charge is 0.160 e. The molecule has 0 aliphatic carbocycles. The van der Waals surface area contributed by atoms with E-state index in [-0.39, 0.29) is 0 Å². The minimum Gasteiger partial charge on any atom is -0.309 e. The van der Waals surface area contributed by atoms with Crippen molar-refractivity contribution < 1.29 is 0 Å². The van der Waals surface area contributed by atoms with Crippen molar-refractivity contribution in [3.05, 3.63) is 218 Å². The molecular weight excluding hydrogens is 729 g/mol.